The molecule has 6 heteroatoms. The number of ether oxygens (including phenoxy) is 1. The van der Waals surface area contributed by atoms with Crippen LogP contribution in [0.1, 0.15) is 6.42 Å². The van der Waals surface area contributed by atoms with Gasteiger partial charge in [0.1, 0.15) is 5.75 Å². The second kappa shape index (κ2) is 7.25. The van der Waals surface area contributed by atoms with Gasteiger partial charge < -0.3 is 4.74 Å². The van der Waals surface area contributed by atoms with Crippen molar-refractivity contribution in [2.75, 3.05) is 20.2 Å². The molecule has 0 atom stereocenters. The van der Waals surface area contributed by atoms with Crippen molar-refractivity contribution in [1.82, 2.24) is 0 Å². The zero-order chi connectivity index (χ0) is 11.6. The monoisotopic (exact) mass is 219 g/mol. The smallest absolute Gasteiger partial charge is 0.119 e. The Bertz CT molecular complexity index is 381. The highest BCUT2D eigenvalue weighted by molar-refractivity contribution is 5.40. The Morgan fingerprint density at radius 2 is 2.06 bits per heavy atom. The molecule has 0 heterocycles. The molecule has 0 unspecified atom stereocenters. The van der Waals surface area contributed by atoms with Crippen molar-refractivity contribution in [3.8, 4) is 5.75 Å². The molecular formula is C10H13N5O. The van der Waals surface area contributed by atoms with Gasteiger partial charge in [-0.15, -0.1) is 0 Å². The fraction of sp³-hybridized carbons (Fsp3) is 0.400. The molecule has 0 aliphatic heterocycles. The van der Waals surface area contributed by atoms with Crippen molar-refractivity contribution in [2.45, 2.75) is 6.42 Å². The van der Waals surface area contributed by atoms with Crippen LogP contribution in [0.2, 0.25) is 0 Å². The Hall–Kier alpha value is -2.07. The summed E-state index contributed by atoms with van der Waals surface area (Å²) in [5.74, 6) is 0.774. The molecule has 0 bridgehead atoms. The molecule has 0 aromatic heterocycles. The van der Waals surface area contributed by atoms with Crippen LogP contribution in [0.25, 0.3) is 10.4 Å². The second-order valence-corrected chi connectivity index (χ2v) is 2.95. The van der Waals surface area contributed by atoms with Crippen LogP contribution < -0.4 is 4.74 Å². The van der Waals surface area contributed by atoms with Gasteiger partial charge in [0.25, 0.3) is 0 Å². The Morgan fingerprint density at radius 1 is 1.31 bits per heavy atom. The van der Waals surface area contributed by atoms with E-state index < -0.39 is 0 Å². The predicted octanol–water partition coefficient (Wildman–Crippen LogP) is 3.48. The lowest BCUT2D eigenvalue weighted by Crippen LogP contribution is -1.98. The number of azo groups is 1. The highest BCUT2D eigenvalue weighted by Crippen LogP contribution is 2.18. The summed E-state index contributed by atoms with van der Waals surface area (Å²) in [6.45, 7) is 0.992. The van der Waals surface area contributed by atoms with Gasteiger partial charge in [0, 0.05) is 18.5 Å². The first kappa shape index (κ1) is 12.0. The van der Waals surface area contributed by atoms with E-state index in [1.807, 2.05) is 24.3 Å². The first-order chi connectivity index (χ1) is 7.86. The number of azide groups is 1. The second-order valence-electron chi connectivity index (χ2n) is 2.95. The maximum absolute atomic E-state index is 8.06. The number of rotatable bonds is 6. The molecule has 16 heavy (non-hydrogen) atoms. The SMILES string of the molecule is C/N=N/c1ccc(OCCCN=[N+]=[N-])cc1. The summed E-state index contributed by atoms with van der Waals surface area (Å²) in [5.41, 5.74) is 8.86. The standard InChI is InChI=1S/C10H13N5O/c1-12-14-9-3-5-10(6-4-9)16-8-2-7-13-15-11/h3-6H,2,7-8H2,1H3/b14-12+. The molecule has 0 radical (unpaired) electrons. The summed E-state index contributed by atoms with van der Waals surface area (Å²) in [4.78, 5) is 2.66. The van der Waals surface area contributed by atoms with Crippen LogP contribution in [-0.4, -0.2) is 20.2 Å². The highest BCUT2D eigenvalue weighted by Gasteiger charge is 1.94. The van der Waals surface area contributed by atoms with Crippen LogP contribution in [0.5, 0.6) is 5.75 Å². The third-order valence-electron chi connectivity index (χ3n) is 1.79. The Morgan fingerprint density at radius 3 is 2.69 bits per heavy atom. The van der Waals surface area contributed by atoms with Gasteiger partial charge in [-0.1, -0.05) is 5.11 Å². The fourth-order valence-corrected chi connectivity index (χ4v) is 1.09. The van der Waals surface area contributed by atoms with Crippen molar-refractivity contribution in [1.29, 1.82) is 0 Å². The van der Waals surface area contributed by atoms with Crippen LogP contribution >= 0.6 is 0 Å². The van der Waals surface area contributed by atoms with Gasteiger partial charge in [-0.3, -0.25) is 0 Å². The lowest BCUT2D eigenvalue weighted by molar-refractivity contribution is 0.313. The maximum atomic E-state index is 8.06. The van der Waals surface area contributed by atoms with Crippen molar-refractivity contribution < 1.29 is 4.74 Å². The Balaban J connectivity index is 2.34. The van der Waals surface area contributed by atoms with E-state index in [1.165, 1.54) is 0 Å². The molecular weight excluding hydrogens is 206 g/mol. The first-order valence-corrected chi connectivity index (χ1v) is 4.90. The molecule has 0 spiro atoms. The number of hydrogen-bond acceptors (Lipinski definition) is 4. The predicted molar refractivity (Wildman–Crippen MR) is 61.0 cm³/mol. The topological polar surface area (TPSA) is 82.7 Å². The van der Waals surface area contributed by atoms with Gasteiger partial charge in [0.05, 0.1) is 12.3 Å². The van der Waals surface area contributed by atoms with Crippen LogP contribution in [0.4, 0.5) is 5.69 Å². The van der Waals surface area contributed by atoms with E-state index in [0.717, 1.165) is 11.4 Å². The molecule has 1 aromatic rings. The van der Waals surface area contributed by atoms with Crippen LogP contribution in [0, 0.1) is 0 Å². The largest absolute Gasteiger partial charge is 0.494 e. The zero-order valence-corrected chi connectivity index (χ0v) is 9.08. The third kappa shape index (κ3) is 4.43. The lowest BCUT2D eigenvalue weighted by Gasteiger charge is -2.04. The van der Waals surface area contributed by atoms with E-state index in [4.69, 9.17) is 10.3 Å². The van der Waals surface area contributed by atoms with E-state index >= 15 is 0 Å². The summed E-state index contributed by atoms with van der Waals surface area (Å²) >= 11 is 0. The molecule has 0 saturated carbocycles. The fourth-order valence-electron chi connectivity index (χ4n) is 1.09. The molecule has 0 aliphatic carbocycles. The van der Waals surface area contributed by atoms with Gasteiger partial charge in [-0.05, 0) is 36.2 Å². The average molecular weight is 219 g/mol. The van der Waals surface area contributed by atoms with E-state index in [-0.39, 0.29) is 0 Å². The van der Waals surface area contributed by atoms with Crippen molar-refractivity contribution in [3.63, 3.8) is 0 Å². The third-order valence-corrected chi connectivity index (χ3v) is 1.79. The van der Waals surface area contributed by atoms with Crippen LogP contribution in [0.15, 0.2) is 39.6 Å². The highest BCUT2D eigenvalue weighted by atomic mass is 16.5. The minimum atomic E-state index is 0.457. The lowest BCUT2D eigenvalue weighted by atomic mass is 10.3. The molecule has 0 saturated heterocycles. The number of hydrogen-bond donors (Lipinski definition) is 0. The average Bonchev–Trinajstić information content (AvgIpc) is 2.31. The summed E-state index contributed by atoms with van der Waals surface area (Å²) in [7, 11) is 1.63. The number of benzene rings is 1. The van der Waals surface area contributed by atoms with Crippen molar-refractivity contribution >= 4 is 5.69 Å². The van der Waals surface area contributed by atoms with Gasteiger partial charge in [-0.25, -0.2) is 0 Å². The van der Waals surface area contributed by atoms with Gasteiger partial charge in [0.2, 0.25) is 0 Å². The minimum absolute atomic E-state index is 0.457. The summed E-state index contributed by atoms with van der Waals surface area (Å²) in [5, 5.41) is 11.0. The van der Waals surface area contributed by atoms with Gasteiger partial charge in [0.15, 0.2) is 0 Å². The first-order valence-electron chi connectivity index (χ1n) is 4.90. The molecule has 0 fully saturated rings. The zero-order valence-electron chi connectivity index (χ0n) is 9.08. The Kier molecular flexibility index (Phi) is 5.44. The van der Waals surface area contributed by atoms with Crippen molar-refractivity contribution in [3.05, 3.63) is 34.7 Å². The summed E-state index contributed by atoms with van der Waals surface area (Å²) in [6, 6.07) is 7.32. The normalized spacial score (nSPS) is 10.1. The van der Waals surface area contributed by atoms with Crippen LogP contribution in [-0.2, 0) is 0 Å². The van der Waals surface area contributed by atoms with E-state index in [9.17, 15) is 0 Å². The number of nitrogens with zero attached hydrogens (tertiary/aromatic N) is 5. The minimum Gasteiger partial charge on any atom is -0.494 e. The molecule has 0 aliphatic rings. The molecule has 0 amide bonds. The molecule has 1 aromatic carbocycles. The quantitative estimate of drug-likeness (QED) is 0.312. The van der Waals surface area contributed by atoms with Crippen LogP contribution in [0.3, 0.4) is 0 Å². The van der Waals surface area contributed by atoms with E-state index in [0.29, 0.717) is 19.6 Å². The van der Waals surface area contributed by atoms with E-state index in [1.54, 1.807) is 7.05 Å². The molecule has 84 valence electrons. The summed E-state index contributed by atoms with van der Waals surface area (Å²) in [6.07, 6.45) is 0.709. The Labute approximate surface area is 93.6 Å². The molecule has 6 nitrogen and oxygen atoms in total. The molecule has 0 N–H and O–H groups in total. The molecule has 1 rings (SSSR count). The maximum Gasteiger partial charge on any atom is 0.119 e. The van der Waals surface area contributed by atoms with Gasteiger partial charge in [-0.2, -0.15) is 10.2 Å². The van der Waals surface area contributed by atoms with E-state index in [2.05, 4.69) is 20.3 Å². The van der Waals surface area contributed by atoms with Crippen molar-refractivity contribution in [2.24, 2.45) is 15.3 Å². The summed E-state index contributed by atoms with van der Waals surface area (Å²) < 4.78 is 5.43. The van der Waals surface area contributed by atoms with Gasteiger partial charge >= 0.3 is 0 Å².